The Labute approximate surface area is 184 Å². The van der Waals surface area contributed by atoms with E-state index in [1.165, 1.54) is 18.7 Å². The summed E-state index contributed by atoms with van der Waals surface area (Å²) >= 11 is 0. The van der Waals surface area contributed by atoms with Gasteiger partial charge in [0.1, 0.15) is 12.6 Å². The number of nitrogens with zero attached hydrogens (tertiary/aromatic N) is 3. The van der Waals surface area contributed by atoms with Crippen molar-refractivity contribution in [1.29, 1.82) is 0 Å². The van der Waals surface area contributed by atoms with Gasteiger partial charge in [-0.25, -0.2) is 9.38 Å². The van der Waals surface area contributed by atoms with E-state index in [-0.39, 0.29) is 5.75 Å². The van der Waals surface area contributed by atoms with Gasteiger partial charge in [-0.2, -0.15) is 0 Å². The highest BCUT2D eigenvalue weighted by molar-refractivity contribution is 6.14. The van der Waals surface area contributed by atoms with Gasteiger partial charge in [0.05, 0.1) is 19.4 Å². The highest BCUT2D eigenvalue weighted by Crippen LogP contribution is 2.25. The fourth-order valence-electron chi connectivity index (χ4n) is 3.00. The minimum absolute atomic E-state index is 0.136. The van der Waals surface area contributed by atoms with Crippen LogP contribution >= 0.6 is 0 Å². The Bertz CT molecular complexity index is 884. The average Bonchev–Trinajstić information content (AvgIpc) is 2.77. The molecule has 1 aliphatic rings. The molecule has 1 aromatic rings. The van der Waals surface area contributed by atoms with Crippen molar-refractivity contribution in [1.82, 2.24) is 4.90 Å². The van der Waals surface area contributed by atoms with E-state index < -0.39 is 5.82 Å². The van der Waals surface area contributed by atoms with Gasteiger partial charge in [-0.1, -0.05) is 19.9 Å². The van der Waals surface area contributed by atoms with E-state index in [1.807, 2.05) is 6.92 Å². The third kappa shape index (κ3) is 7.36. The lowest BCUT2D eigenvalue weighted by Gasteiger charge is -2.20. The number of methoxy groups -OCH3 is 1. The Morgan fingerprint density at radius 1 is 1.13 bits per heavy atom. The Morgan fingerprint density at radius 3 is 2.55 bits per heavy atom. The number of allylic oxidation sites excluding steroid dienone is 3. The van der Waals surface area contributed by atoms with Crippen LogP contribution in [-0.2, 0) is 9.47 Å². The molecule has 7 heteroatoms. The second kappa shape index (κ2) is 12.7. The van der Waals surface area contributed by atoms with Crippen molar-refractivity contribution < 1.29 is 18.6 Å². The van der Waals surface area contributed by atoms with Crippen LogP contribution in [0.4, 0.5) is 4.39 Å². The lowest BCUT2D eigenvalue weighted by atomic mass is 10.0. The molecular formula is C24H32FN3O3. The molecule has 0 N–H and O–H groups in total. The first kappa shape index (κ1) is 24.3. The van der Waals surface area contributed by atoms with Crippen molar-refractivity contribution in [2.24, 2.45) is 9.98 Å². The molecule has 0 heterocycles. The zero-order valence-electron chi connectivity index (χ0n) is 19.0. The van der Waals surface area contributed by atoms with Gasteiger partial charge in [0.2, 0.25) is 0 Å². The molecule has 6 nitrogen and oxygen atoms in total. The number of benzene rings is 1. The Hall–Kier alpha value is -2.93. The van der Waals surface area contributed by atoms with Gasteiger partial charge in [0.25, 0.3) is 0 Å². The molecule has 0 unspecified atom stereocenters. The zero-order chi connectivity index (χ0) is 22.6. The minimum atomic E-state index is -0.426. The number of aryl methyl sites for hydroxylation is 1. The second-order valence-corrected chi connectivity index (χ2v) is 6.96. The normalized spacial score (nSPS) is 16.7. The predicted molar refractivity (Wildman–Crippen MR) is 123 cm³/mol. The maximum Gasteiger partial charge on any atom is 0.165 e. The molecule has 0 aliphatic heterocycles. The lowest BCUT2D eigenvalue weighted by molar-refractivity contribution is 0.161. The quantitative estimate of drug-likeness (QED) is 0.222. The standard InChI is InChI=1S/C24H32FN3O3/c1-6-28(7-2)11-8-12-30-24-15-21(27-17-26-4)19(14-23(24)29-5)16-31-22-10-9-18(3)13-20(22)25/h9-10,13-17H,6-8,11-12H2,1-5H3/b19-16+,26-17?,27-21?. The number of halogens is 1. The van der Waals surface area contributed by atoms with E-state index in [2.05, 4.69) is 28.7 Å². The van der Waals surface area contributed by atoms with Crippen LogP contribution in [0.2, 0.25) is 0 Å². The highest BCUT2D eigenvalue weighted by Gasteiger charge is 2.19. The fraction of sp³-hybridized carbons (Fsp3) is 0.417. The van der Waals surface area contributed by atoms with Gasteiger partial charge in [0, 0.05) is 25.2 Å². The molecule has 31 heavy (non-hydrogen) atoms. The van der Waals surface area contributed by atoms with Gasteiger partial charge in [-0.05, 0) is 50.2 Å². The van der Waals surface area contributed by atoms with Crippen molar-refractivity contribution in [2.75, 3.05) is 40.4 Å². The molecule has 1 aromatic carbocycles. The average molecular weight is 430 g/mol. The summed E-state index contributed by atoms with van der Waals surface area (Å²) in [6.45, 7) is 9.69. The number of hydrogen-bond donors (Lipinski definition) is 0. The molecule has 0 spiro atoms. The third-order valence-corrected chi connectivity index (χ3v) is 4.80. The summed E-state index contributed by atoms with van der Waals surface area (Å²) in [5.41, 5.74) is 2.02. The van der Waals surface area contributed by atoms with Crippen LogP contribution in [0, 0.1) is 12.7 Å². The van der Waals surface area contributed by atoms with Crippen molar-refractivity contribution in [3.63, 3.8) is 0 Å². The van der Waals surface area contributed by atoms with Gasteiger partial charge < -0.3 is 19.1 Å². The summed E-state index contributed by atoms with van der Waals surface area (Å²) in [6.07, 6.45) is 7.32. The first-order chi connectivity index (χ1) is 15.0. The van der Waals surface area contributed by atoms with Crippen LogP contribution in [0.15, 0.2) is 63.7 Å². The summed E-state index contributed by atoms with van der Waals surface area (Å²) in [6, 6.07) is 4.81. The van der Waals surface area contributed by atoms with Crippen LogP contribution in [0.3, 0.4) is 0 Å². The van der Waals surface area contributed by atoms with Crippen LogP contribution in [0.1, 0.15) is 25.8 Å². The Morgan fingerprint density at radius 2 is 1.90 bits per heavy atom. The molecule has 2 rings (SSSR count). The molecule has 168 valence electrons. The first-order valence-electron chi connectivity index (χ1n) is 10.5. The molecule has 0 saturated carbocycles. The van der Waals surface area contributed by atoms with Crippen molar-refractivity contribution >= 4 is 12.1 Å². The van der Waals surface area contributed by atoms with Gasteiger partial charge in [0.15, 0.2) is 23.1 Å². The first-order valence-corrected chi connectivity index (χ1v) is 10.5. The Kier molecular flexibility index (Phi) is 9.97. The fourth-order valence-corrected chi connectivity index (χ4v) is 3.00. The number of aliphatic imine (C=N–C) groups is 2. The molecule has 1 aliphatic carbocycles. The van der Waals surface area contributed by atoms with E-state index in [4.69, 9.17) is 14.2 Å². The minimum Gasteiger partial charge on any atom is -0.493 e. The van der Waals surface area contributed by atoms with Crippen LogP contribution in [-0.4, -0.2) is 57.3 Å². The summed E-state index contributed by atoms with van der Waals surface area (Å²) in [7, 11) is 3.21. The van der Waals surface area contributed by atoms with E-state index in [0.717, 1.165) is 31.6 Å². The van der Waals surface area contributed by atoms with Crippen molar-refractivity contribution in [2.45, 2.75) is 27.2 Å². The van der Waals surface area contributed by atoms with E-state index in [0.29, 0.717) is 29.4 Å². The molecule has 0 aromatic heterocycles. The maximum atomic E-state index is 14.1. The van der Waals surface area contributed by atoms with Crippen molar-refractivity contribution in [3.8, 4) is 5.75 Å². The summed E-state index contributed by atoms with van der Waals surface area (Å²) in [4.78, 5) is 10.6. The smallest absolute Gasteiger partial charge is 0.165 e. The van der Waals surface area contributed by atoms with Crippen molar-refractivity contribution in [3.05, 3.63) is 65.1 Å². The SMILES string of the molecule is CCN(CC)CCCOC1=CC(=NC=NC)/C(=C/Oc2ccc(C)cc2F)C=C1OC. The second-order valence-electron chi connectivity index (χ2n) is 6.96. The molecule has 0 amide bonds. The van der Waals surface area contributed by atoms with E-state index >= 15 is 0 Å². The van der Waals surface area contributed by atoms with Crippen LogP contribution in [0.5, 0.6) is 5.75 Å². The molecule has 0 saturated heterocycles. The summed E-state index contributed by atoms with van der Waals surface area (Å²) < 4.78 is 31.2. The van der Waals surface area contributed by atoms with Crippen LogP contribution < -0.4 is 4.74 Å². The monoisotopic (exact) mass is 429 g/mol. The van der Waals surface area contributed by atoms with Gasteiger partial charge in [-0.15, -0.1) is 0 Å². The van der Waals surface area contributed by atoms with E-state index in [1.54, 1.807) is 38.4 Å². The lowest BCUT2D eigenvalue weighted by Crippen LogP contribution is -2.25. The maximum absolute atomic E-state index is 14.1. The molecule has 0 bridgehead atoms. The summed E-state index contributed by atoms with van der Waals surface area (Å²) in [5.74, 6) is 0.847. The molecule has 0 atom stereocenters. The number of hydrogen-bond acceptors (Lipinski definition) is 5. The largest absolute Gasteiger partial charge is 0.493 e. The third-order valence-electron chi connectivity index (χ3n) is 4.80. The Balaban J connectivity index is 2.18. The topological polar surface area (TPSA) is 55.7 Å². The van der Waals surface area contributed by atoms with Crippen LogP contribution in [0.25, 0.3) is 0 Å². The number of rotatable bonds is 11. The predicted octanol–water partition coefficient (Wildman–Crippen LogP) is 4.67. The highest BCUT2D eigenvalue weighted by atomic mass is 19.1. The van der Waals surface area contributed by atoms with E-state index in [9.17, 15) is 4.39 Å². The van der Waals surface area contributed by atoms with Gasteiger partial charge >= 0.3 is 0 Å². The molecule has 0 fully saturated rings. The molecule has 0 radical (unpaired) electrons. The summed E-state index contributed by atoms with van der Waals surface area (Å²) in [5, 5.41) is 0. The zero-order valence-corrected chi connectivity index (χ0v) is 19.0. The number of ether oxygens (including phenoxy) is 3. The van der Waals surface area contributed by atoms with Gasteiger partial charge in [-0.3, -0.25) is 4.99 Å². The molecular weight excluding hydrogens is 397 g/mol.